The maximum absolute atomic E-state index is 5.16. The summed E-state index contributed by atoms with van der Waals surface area (Å²) < 4.78 is 0. The summed E-state index contributed by atoms with van der Waals surface area (Å²) in [7, 11) is 0. The zero-order chi connectivity index (χ0) is 5.86. The van der Waals surface area contributed by atoms with E-state index in [1.165, 1.54) is 0 Å². The lowest BCUT2D eigenvalue weighted by Crippen LogP contribution is -1.85. The summed E-state index contributed by atoms with van der Waals surface area (Å²) in [5.41, 5.74) is 6.08. The molecule has 0 saturated heterocycles. The van der Waals surface area contributed by atoms with Crippen LogP contribution in [0.5, 0.6) is 0 Å². The summed E-state index contributed by atoms with van der Waals surface area (Å²) in [4.78, 5) is 0. The predicted molar refractivity (Wildman–Crippen MR) is 36.1 cm³/mol. The smallest absolute Gasteiger partial charge is 0.0626 e. The van der Waals surface area contributed by atoms with Crippen LogP contribution >= 0.6 is 12.6 Å². The van der Waals surface area contributed by atoms with Crippen LogP contribution in [-0.4, -0.2) is 0 Å². The Hall–Kier alpha value is -0.370. The van der Waals surface area contributed by atoms with Crippen molar-refractivity contribution in [1.29, 1.82) is 0 Å². The van der Waals surface area contributed by atoms with Gasteiger partial charge in [-0.2, -0.15) is 0 Å². The molecular formula is C5H9NS. The number of hydrogen-bond donors (Lipinski definition) is 2. The molecule has 2 heteroatoms. The summed E-state index contributed by atoms with van der Waals surface area (Å²) >= 11 is 3.82. The molecule has 0 fully saturated rings. The summed E-state index contributed by atoms with van der Waals surface area (Å²) in [5, 5.41) is 0.507. The average Bonchev–Trinajstić information content (AvgIpc) is 1.27. The quantitative estimate of drug-likeness (QED) is 0.391. The van der Waals surface area contributed by atoms with Gasteiger partial charge in [0.25, 0.3) is 0 Å². The standard InChI is InChI=1S/C5H9NS/c1-4(2)3-5(6)7/h3,7H,1,6H2,2H3/b5-3-. The van der Waals surface area contributed by atoms with Crippen molar-refractivity contribution in [3.05, 3.63) is 23.3 Å². The minimum absolute atomic E-state index is 0.507. The van der Waals surface area contributed by atoms with Crippen LogP contribution in [-0.2, 0) is 0 Å². The molecule has 0 spiro atoms. The summed E-state index contributed by atoms with van der Waals surface area (Å²) in [6.45, 7) is 5.45. The molecule has 0 radical (unpaired) electrons. The normalized spacial score (nSPS) is 11.4. The van der Waals surface area contributed by atoms with Crippen LogP contribution in [0.25, 0.3) is 0 Å². The molecule has 0 aromatic rings. The van der Waals surface area contributed by atoms with Crippen molar-refractivity contribution in [3.8, 4) is 0 Å². The SMILES string of the molecule is C=C(C)/C=C(/N)S. The average molecular weight is 115 g/mol. The molecule has 0 unspecified atom stereocenters. The highest BCUT2D eigenvalue weighted by molar-refractivity contribution is 7.84. The minimum Gasteiger partial charge on any atom is -0.394 e. The van der Waals surface area contributed by atoms with Gasteiger partial charge in [-0.1, -0.05) is 12.2 Å². The Morgan fingerprint density at radius 2 is 2.29 bits per heavy atom. The Balaban J connectivity index is 3.68. The van der Waals surface area contributed by atoms with E-state index in [0.29, 0.717) is 5.03 Å². The van der Waals surface area contributed by atoms with Gasteiger partial charge < -0.3 is 5.73 Å². The van der Waals surface area contributed by atoms with Crippen LogP contribution in [0, 0.1) is 0 Å². The summed E-state index contributed by atoms with van der Waals surface area (Å²) in [6.07, 6.45) is 1.70. The Bertz CT molecular complexity index is 101. The lowest BCUT2D eigenvalue weighted by molar-refractivity contribution is 1.47. The first-order chi connectivity index (χ1) is 3.13. The van der Waals surface area contributed by atoms with Gasteiger partial charge in [0.2, 0.25) is 0 Å². The lowest BCUT2D eigenvalue weighted by atomic mass is 10.3. The molecule has 0 rings (SSSR count). The molecule has 2 N–H and O–H groups in total. The van der Waals surface area contributed by atoms with Gasteiger partial charge >= 0.3 is 0 Å². The van der Waals surface area contributed by atoms with E-state index in [9.17, 15) is 0 Å². The zero-order valence-corrected chi connectivity index (χ0v) is 5.20. The number of allylic oxidation sites excluding steroid dienone is 2. The predicted octanol–water partition coefficient (Wildman–Crippen LogP) is 1.29. The monoisotopic (exact) mass is 115 g/mol. The number of hydrogen-bond acceptors (Lipinski definition) is 2. The maximum atomic E-state index is 5.16. The molecule has 0 bridgehead atoms. The van der Waals surface area contributed by atoms with E-state index in [0.717, 1.165) is 5.57 Å². The molecule has 0 aliphatic carbocycles. The Kier molecular flexibility index (Phi) is 2.60. The van der Waals surface area contributed by atoms with Crippen molar-refractivity contribution in [2.75, 3.05) is 0 Å². The van der Waals surface area contributed by atoms with Crippen LogP contribution < -0.4 is 5.73 Å². The van der Waals surface area contributed by atoms with E-state index in [2.05, 4.69) is 19.2 Å². The second-order valence-corrected chi connectivity index (χ2v) is 1.93. The molecule has 0 aliphatic heterocycles. The molecule has 0 amide bonds. The largest absolute Gasteiger partial charge is 0.394 e. The van der Waals surface area contributed by atoms with E-state index in [1.807, 2.05) is 6.92 Å². The topological polar surface area (TPSA) is 26.0 Å². The molecule has 7 heavy (non-hydrogen) atoms. The van der Waals surface area contributed by atoms with Crippen molar-refractivity contribution in [2.24, 2.45) is 5.73 Å². The van der Waals surface area contributed by atoms with Gasteiger partial charge in [-0.05, 0) is 13.0 Å². The molecule has 40 valence electrons. The Labute approximate surface area is 49.3 Å². The van der Waals surface area contributed by atoms with Gasteiger partial charge in [0.15, 0.2) is 0 Å². The van der Waals surface area contributed by atoms with Crippen LogP contribution in [0.15, 0.2) is 23.3 Å². The van der Waals surface area contributed by atoms with Gasteiger partial charge in [0.05, 0.1) is 5.03 Å². The summed E-state index contributed by atoms with van der Waals surface area (Å²) in [6, 6.07) is 0. The molecule has 0 saturated carbocycles. The highest BCUT2D eigenvalue weighted by Gasteiger charge is 1.75. The third-order valence-electron chi connectivity index (χ3n) is 0.394. The number of thiol groups is 1. The fourth-order valence-electron chi connectivity index (χ4n) is 0.252. The lowest BCUT2D eigenvalue weighted by Gasteiger charge is -1.85. The third-order valence-corrected chi connectivity index (χ3v) is 0.523. The fourth-order valence-corrected chi connectivity index (χ4v) is 0.473. The Morgan fingerprint density at radius 1 is 1.86 bits per heavy atom. The third kappa shape index (κ3) is 5.63. The first kappa shape index (κ1) is 6.63. The minimum atomic E-state index is 0.507. The highest BCUT2D eigenvalue weighted by Crippen LogP contribution is 1.95. The second-order valence-electron chi connectivity index (χ2n) is 1.42. The maximum Gasteiger partial charge on any atom is 0.0626 e. The van der Waals surface area contributed by atoms with E-state index >= 15 is 0 Å². The van der Waals surface area contributed by atoms with Gasteiger partial charge in [-0.3, -0.25) is 0 Å². The summed E-state index contributed by atoms with van der Waals surface area (Å²) in [5.74, 6) is 0. The van der Waals surface area contributed by atoms with Crippen molar-refractivity contribution in [1.82, 2.24) is 0 Å². The van der Waals surface area contributed by atoms with Crippen LogP contribution in [0.4, 0.5) is 0 Å². The van der Waals surface area contributed by atoms with Gasteiger partial charge in [-0.25, -0.2) is 0 Å². The van der Waals surface area contributed by atoms with E-state index < -0.39 is 0 Å². The number of nitrogens with two attached hydrogens (primary N) is 1. The molecule has 0 heterocycles. The zero-order valence-electron chi connectivity index (χ0n) is 4.31. The van der Waals surface area contributed by atoms with Gasteiger partial charge in [0.1, 0.15) is 0 Å². The first-order valence-electron chi connectivity index (χ1n) is 1.94. The molecular weight excluding hydrogens is 106 g/mol. The van der Waals surface area contributed by atoms with Crippen molar-refractivity contribution < 1.29 is 0 Å². The molecule has 0 aromatic carbocycles. The highest BCUT2D eigenvalue weighted by atomic mass is 32.1. The number of rotatable bonds is 1. The molecule has 1 nitrogen and oxygen atoms in total. The van der Waals surface area contributed by atoms with Crippen LogP contribution in [0.3, 0.4) is 0 Å². The van der Waals surface area contributed by atoms with E-state index in [1.54, 1.807) is 6.08 Å². The molecule has 0 atom stereocenters. The van der Waals surface area contributed by atoms with Crippen molar-refractivity contribution in [2.45, 2.75) is 6.92 Å². The van der Waals surface area contributed by atoms with E-state index in [4.69, 9.17) is 5.73 Å². The Morgan fingerprint density at radius 3 is 2.29 bits per heavy atom. The van der Waals surface area contributed by atoms with Crippen LogP contribution in [0.1, 0.15) is 6.92 Å². The first-order valence-corrected chi connectivity index (χ1v) is 2.39. The van der Waals surface area contributed by atoms with E-state index in [-0.39, 0.29) is 0 Å². The van der Waals surface area contributed by atoms with Gasteiger partial charge in [0, 0.05) is 0 Å². The second kappa shape index (κ2) is 2.75. The molecule has 0 aliphatic rings. The van der Waals surface area contributed by atoms with Crippen molar-refractivity contribution >= 4 is 12.6 Å². The molecule has 0 aromatic heterocycles. The van der Waals surface area contributed by atoms with Gasteiger partial charge in [-0.15, -0.1) is 12.6 Å². The van der Waals surface area contributed by atoms with Crippen molar-refractivity contribution in [3.63, 3.8) is 0 Å². The fraction of sp³-hybridized carbons (Fsp3) is 0.200. The van der Waals surface area contributed by atoms with Crippen LogP contribution in [0.2, 0.25) is 0 Å².